The Labute approximate surface area is 147 Å². The van der Waals surface area contributed by atoms with Gasteiger partial charge in [-0.1, -0.05) is 31.2 Å². The van der Waals surface area contributed by atoms with Gasteiger partial charge < -0.3 is 9.30 Å². The quantitative estimate of drug-likeness (QED) is 0.606. The summed E-state index contributed by atoms with van der Waals surface area (Å²) in [5.41, 5.74) is 0.659. The molecule has 1 unspecified atom stereocenters. The number of benzene rings is 1. The van der Waals surface area contributed by atoms with E-state index in [-0.39, 0.29) is 18.7 Å². The number of nitrogens with zero attached hydrogens (tertiary/aromatic N) is 2. The predicted octanol–water partition coefficient (Wildman–Crippen LogP) is 3.27. The van der Waals surface area contributed by atoms with Crippen LogP contribution >= 0.6 is 11.6 Å². The van der Waals surface area contributed by atoms with Crippen molar-refractivity contribution in [2.24, 2.45) is 0 Å². The lowest BCUT2D eigenvalue weighted by Gasteiger charge is -2.37. The van der Waals surface area contributed by atoms with Crippen molar-refractivity contribution in [2.75, 3.05) is 11.7 Å². The molecule has 1 aromatic carbocycles. The Balaban J connectivity index is 2.42. The van der Waals surface area contributed by atoms with E-state index in [1.54, 1.807) is 28.8 Å². The highest BCUT2D eigenvalue weighted by molar-refractivity contribution is 6.83. The van der Waals surface area contributed by atoms with Gasteiger partial charge in [-0.25, -0.2) is 9.59 Å². The van der Waals surface area contributed by atoms with Crippen LogP contribution in [0.2, 0.25) is 24.7 Å². The van der Waals surface area contributed by atoms with Crippen molar-refractivity contribution < 1.29 is 19.1 Å². The number of ether oxygens (including phenoxy) is 1. The van der Waals surface area contributed by atoms with Crippen LogP contribution < -0.4 is 4.57 Å². The molecule has 0 spiro atoms. The maximum absolute atomic E-state index is 13.1. The normalized spacial score (nSPS) is 17.8. The number of likely N-dealkylation sites (tertiary alicyclic amines) is 1. The van der Waals surface area contributed by atoms with Crippen molar-refractivity contribution in [1.29, 1.82) is 0 Å². The van der Waals surface area contributed by atoms with E-state index in [2.05, 4.69) is 0 Å². The van der Waals surface area contributed by atoms with Crippen LogP contribution in [0.1, 0.15) is 12.8 Å². The van der Waals surface area contributed by atoms with Gasteiger partial charge in [0, 0.05) is 17.1 Å². The van der Waals surface area contributed by atoms with Crippen molar-refractivity contribution in [1.82, 2.24) is 4.90 Å². The number of rotatable bonds is 3. The first-order valence-corrected chi connectivity index (χ1v) is 11.5. The molecule has 0 saturated carbocycles. The average Bonchev–Trinajstić information content (AvgIpc) is 2.89. The van der Waals surface area contributed by atoms with Crippen LogP contribution in [-0.4, -0.2) is 44.2 Å². The van der Waals surface area contributed by atoms with Crippen molar-refractivity contribution in [2.45, 2.75) is 38.5 Å². The van der Waals surface area contributed by atoms with Gasteiger partial charge in [0.2, 0.25) is 5.91 Å². The summed E-state index contributed by atoms with van der Waals surface area (Å²) in [7, 11) is -0.932. The van der Waals surface area contributed by atoms with Crippen LogP contribution in [0, 0.1) is 0 Å². The highest BCUT2D eigenvalue weighted by Crippen LogP contribution is 2.29. The topological polar surface area (TPSA) is 66.9 Å². The largest absolute Gasteiger partial charge is 0.467 e. The minimum Gasteiger partial charge on any atom is -0.467 e. The SMILES string of the molecule is COC(=O)C1CCC(=O)N1C(=O)N(c1ccc(Cl)cc1)[Si](C)(C)C. The van der Waals surface area contributed by atoms with Gasteiger partial charge in [-0.15, -0.1) is 0 Å². The zero-order valence-electron chi connectivity index (χ0n) is 14.2. The monoisotopic (exact) mass is 368 g/mol. The summed E-state index contributed by atoms with van der Waals surface area (Å²) in [6.45, 7) is 5.98. The van der Waals surface area contributed by atoms with E-state index in [9.17, 15) is 14.4 Å². The molecule has 1 saturated heterocycles. The molecular formula is C16H21ClN2O4Si. The number of methoxy groups -OCH3 is 1. The average molecular weight is 369 g/mol. The molecule has 1 aromatic rings. The molecule has 3 amide bonds. The van der Waals surface area contributed by atoms with E-state index >= 15 is 0 Å². The maximum atomic E-state index is 13.1. The Kier molecular flexibility index (Phi) is 5.34. The lowest BCUT2D eigenvalue weighted by Crippen LogP contribution is -2.58. The Morgan fingerprint density at radius 1 is 1.25 bits per heavy atom. The molecule has 0 radical (unpaired) electrons. The third kappa shape index (κ3) is 3.62. The first-order valence-electron chi connectivity index (χ1n) is 7.66. The molecule has 1 aliphatic rings. The van der Waals surface area contributed by atoms with E-state index < -0.39 is 26.3 Å². The summed E-state index contributed by atoms with van der Waals surface area (Å²) < 4.78 is 6.37. The standard InChI is InChI=1S/C16H21ClN2O4Si/c1-23-15(21)13-9-10-14(20)18(13)16(22)19(24(2,3)4)12-7-5-11(17)6-8-12/h5-8,13H,9-10H2,1-4H3. The Bertz CT molecular complexity index is 657. The molecule has 1 aliphatic heterocycles. The molecule has 1 heterocycles. The number of carbonyl (C=O) groups excluding carboxylic acids is 3. The van der Waals surface area contributed by atoms with E-state index in [0.717, 1.165) is 4.90 Å². The minimum atomic E-state index is -2.18. The summed E-state index contributed by atoms with van der Waals surface area (Å²) >= 11 is 5.93. The van der Waals surface area contributed by atoms with E-state index in [4.69, 9.17) is 16.3 Å². The van der Waals surface area contributed by atoms with Crippen LogP contribution in [0.15, 0.2) is 24.3 Å². The van der Waals surface area contributed by atoms with E-state index in [0.29, 0.717) is 10.7 Å². The van der Waals surface area contributed by atoms with Gasteiger partial charge in [-0.3, -0.25) is 9.69 Å². The molecule has 130 valence electrons. The third-order valence-corrected chi connectivity index (χ3v) is 5.88. The second kappa shape index (κ2) is 6.94. The van der Waals surface area contributed by atoms with Gasteiger partial charge in [0.15, 0.2) is 8.24 Å². The van der Waals surface area contributed by atoms with Crippen LogP contribution in [0.5, 0.6) is 0 Å². The van der Waals surface area contributed by atoms with Crippen LogP contribution in [-0.2, 0) is 14.3 Å². The Hall–Kier alpha value is -1.86. The second-order valence-electron chi connectivity index (χ2n) is 6.61. The smallest absolute Gasteiger partial charge is 0.329 e. The fourth-order valence-electron chi connectivity index (χ4n) is 2.77. The van der Waals surface area contributed by atoms with Crippen molar-refractivity contribution >= 4 is 43.4 Å². The lowest BCUT2D eigenvalue weighted by atomic mass is 10.2. The van der Waals surface area contributed by atoms with Gasteiger partial charge in [0.05, 0.1) is 7.11 Å². The molecule has 1 fully saturated rings. The number of anilines is 1. The molecule has 8 heteroatoms. The maximum Gasteiger partial charge on any atom is 0.329 e. The minimum absolute atomic E-state index is 0.158. The van der Waals surface area contributed by atoms with Gasteiger partial charge in [0.25, 0.3) is 0 Å². The molecule has 2 rings (SSSR count). The second-order valence-corrected chi connectivity index (χ2v) is 11.8. The third-order valence-electron chi connectivity index (χ3n) is 3.84. The molecule has 1 atom stereocenters. The van der Waals surface area contributed by atoms with Gasteiger partial charge in [0.1, 0.15) is 6.04 Å². The predicted molar refractivity (Wildman–Crippen MR) is 94.6 cm³/mol. The van der Waals surface area contributed by atoms with Gasteiger partial charge in [-0.2, -0.15) is 0 Å². The number of hydrogen-bond acceptors (Lipinski definition) is 4. The lowest BCUT2D eigenvalue weighted by molar-refractivity contribution is -0.147. The molecule has 0 bridgehead atoms. The van der Waals surface area contributed by atoms with Crippen molar-refractivity contribution in [3.8, 4) is 0 Å². The highest BCUT2D eigenvalue weighted by Gasteiger charge is 2.45. The Morgan fingerprint density at radius 2 is 1.83 bits per heavy atom. The van der Waals surface area contributed by atoms with Crippen LogP contribution in [0.3, 0.4) is 0 Å². The summed E-state index contributed by atoms with van der Waals surface area (Å²) in [5.74, 6) is -0.923. The van der Waals surface area contributed by atoms with Crippen molar-refractivity contribution in [3.05, 3.63) is 29.3 Å². The number of amides is 3. The molecule has 0 N–H and O–H groups in total. The van der Waals surface area contributed by atoms with E-state index in [1.807, 2.05) is 19.6 Å². The number of esters is 1. The van der Waals surface area contributed by atoms with Crippen molar-refractivity contribution in [3.63, 3.8) is 0 Å². The van der Waals surface area contributed by atoms with Crippen LogP contribution in [0.4, 0.5) is 10.5 Å². The zero-order chi connectivity index (χ0) is 18.1. The summed E-state index contributed by atoms with van der Waals surface area (Å²) in [6.07, 6.45) is 0.447. The highest BCUT2D eigenvalue weighted by atomic mass is 35.5. The summed E-state index contributed by atoms with van der Waals surface area (Å²) in [6, 6.07) is 5.54. The first kappa shape index (κ1) is 18.5. The molecule has 6 nitrogen and oxygen atoms in total. The number of imide groups is 1. The fourth-order valence-corrected chi connectivity index (χ4v) is 4.50. The first-order chi connectivity index (χ1) is 11.2. The number of halogens is 1. The van der Waals surface area contributed by atoms with Crippen LogP contribution in [0.25, 0.3) is 0 Å². The van der Waals surface area contributed by atoms with Gasteiger partial charge >= 0.3 is 12.0 Å². The Morgan fingerprint density at radius 3 is 2.33 bits per heavy atom. The zero-order valence-corrected chi connectivity index (χ0v) is 16.0. The number of hydrogen-bond donors (Lipinski definition) is 0. The number of carbonyl (C=O) groups is 3. The summed E-state index contributed by atoms with van der Waals surface area (Å²) in [4.78, 5) is 38.3. The summed E-state index contributed by atoms with van der Waals surface area (Å²) in [5, 5.41) is 0.561. The van der Waals surface area contributed by atoms with E-state index in [1.165, 1.54) is 7.11 Å². The molecule has 0 aliphatic carbocycles. The molecular weight excluding hydrogens is 348 g/mol. The fraction of sp³-hybridized carbons (Fsp3) is 0.438. The molecule has 24 heavy (non-hydrogen) atoms. The van der Waals surface area contributed by atoms with Gasteiger partial charge in [-0.05, 0) is 30.7 Å². The molecule has 0 aromatic heterocycles. The number of urea groups is 1.